The van der Waals surface area contributed by atoms with Gasteiger partial charge in [0, 0.05) is 12.5 Å². The summed E-state index contributed by atoms with van der Waals surface area (Å²) in [6, 6.07) is 0. The zero-order valence-corrected chi connectivity index (χ0v) is 11.0. The number of nitro groups is 1. The standard InChI is InChI=1S/C12H19N3O3/c1-8(2)11-12(15(16)17)9(3)14(13-11)10-6-4-5-7-18-10/h8,10H,4-7H2,1-3H3. The quantitative estimate of drug-likeness (QED) is 0.613. The van der Waals surface area contributed by atoms with Crippen molar-refractivity contribution in [3.05, 3.63) is 21.5 Å². The summed E-state index contributed by atoms with van der Waals surface area (Å²) >= 11 is 0. The summed E-state index contributed by atoms with van der Waals surface area (Å²) in [5.41, 5.74) is 1.28. The van der Waals surface area contributed by atoms with Gasteiger partial charge < -0.3 is 4.74 Å². The van der Waals surface area contributed by atoms with Gasteiger partial charge in [0.25, 0.3) is 0 Å². The summed E-state index contributed by atoms with van der Waals surface area (Å²) in [7, 11) is 0. The Labute approximate surface area is 106 Å². The van der Waals surface area contributed by atoms with Crippen LogP contribution in [0.4, 0.5) is 5.69 Å². The third kappa shape index (κ3) is 2.25. The number of ether oxygens (including phenoxy) is 1. The van der Waals surface area contributed by atoms with Gasteiger partial charge >= 0.3 is 5.69 Å². The molecule has 0 aromatic carbocycles. The molecule has 0 aliphatic carbocycles. The molecule has 0 spiro atoms. The van der Waals surface area contributed by atoms with E-state index in [1.165, 1.54) is 0 Å². The second kappa shape index (κ2) is 5.06. The second-order valence-electron chi connectivity index (χ2n) is 5.00. The molecule has 0 bridgehead atoms. The molecular weight excluding hydrogens is 234 g/mol. The monoisotopic (exact) mass is 253 g/mol. The number of hydrogen-bond acceptors (Lipinski definition) is 4. The van der Waals surface area contributed by atoms with Gasteiger partial charge in [-0.2, -0.15) is 5.10 Å². The topological polar surface area (TPSA) is 70.2 Å². The fraction of sp³-hybridized carbons (Fsp3) is 0.750. The van der Waals surface area contributed by atoms with Gasteiger partial charge in [-0.15, -0.1) is 0 Å². The maximum atomic E-state index is 11.2. The highest BCUT2D eigenvalue weighted by molar-refractivity contribution is 5.42. The number of rotatable bonds is 3. The predicted octanol–water partition coefficient (Wildman–Crippen LogP) is 2.92. The first-order chi connectivity index (χ1) is 8.52. The van der Waals surface area contributed by atoms with Crippen LogP contribution in [-0.4, -0.2) is 21.3 Å². The summed E-state index contributed by atoms with van der Waals surface area (Å²) < 4.78 is 7.34. The maximum Gasteiger partial charge on any atom is 0.313 e. The van der Waals surface area contributed by atoms with Gasteiger partial charge in [0.05, 0.1) is 4.92 Å². The highest BCUT2D eigenvalue weighted by Gasteiger charge is 2.30. The molecule has 2 rings (SSSR count). The lowest BCUT2D eigenvalue weighted by Gasteiger charge is -2.23. The molecule has 6 nitrogen and oxygen atoms in total. The molecule has 6 heteroatoms. The van der Waals surface area contributed by atoms with Crippen LogP contribution >= 0.6 is 0 Å². The number of hydrogen-bond donors (Lipinski definition) is 0. The highest BCUT2D eigenvalue weighted by Crippen LogP contribution is 2.33. The van der Waals surface area contributed by atoms with E-state index in [-0.39, 0.29) is 22.8 Å². The molecule has 0 N–H and O–H groups in total. The summed E-state index contributed by atoms with van der Waals surface area (Å²) in [5.74, 6) is 0.0361. The van der Waals surface area contributed by atoms with Crippen LogP contribution in [-0.2, 0) is 4.74 Å². The van der Waals surface area contributed by atoms with Gasteiger partial charge in [-0.3, -0.25) is 10.1 Å². The van der Waals surface area contributed by atoms with Crippen LogP contribution < -0.4 is 0 Å². The average molecular weight is 253 g/mol. The molecule has 0 radical (unpaired) electrons. The van der Waals surface area contributed by atoms with Gasteiger partial charge in [-0.25, -0.2) is 4.68 Å². The minimum Gasteiger partial charge on any atom is -0.357 e. The molecule has 1 aliphatic heterocycles. The van der Waals surface area contributed by atoms with E-state index in [9.17, 15) is 10.1 Å². The first-order valence-electron chi connectivity index (χ1n) is 6.37. The van der Waals surface area contributed by atoms with Crippen molar-refractivity contribution in [2.24, 2.45) is 0 Å². The Morgan fingerprint density at radius 2 is 2.22 bits per heavy atom. The van der Waals surface area contributed by atoms with E-state index in [2.05, 4.69) is 5.10 Å². The lowest BCUT2D eigenvalue weighted by molar-refractivity contribution is -0.386. The Balaban J connectivity index is 2.42. The van der Waals surface area contributed by atoms with Crippen LogP contribution in [0.5, 0.6) is 0 Å². The Morgan fingerprint density at radius 1 is 1.50 bits per heavy atom. The first kappa shape index (κ1) is 13.0. The molecule has 1 aliphatic rings. The van der Waals surface area contributed by atoms with Crippen molar-refractivity contribution in [3.63, 3.8) is 0 Å². The molecule has 1 fully saturated rings. The van der Waals surface area contributed by atoms with Crippen molar-refractivity contribution in [3.8, 4) is 0 Å². The molecule has 1 unspecified atom stereocenters. The van der Waals surface area contributed by atoms with Crippen LogP contribution in [0.2, 0.25) is 0 Å². The van der Waals surface area contributed by atoms with Gasteiger partial charge in [-0.05, 0) is 26.2 Å². The lowest BCUT2D eigenvalue weighted by atomic mass is 10.1. The number of nitrogens with zero attached hydrogens (tertiary/aromatic N) is 3. The lowest BCUT2D eigenvalue weighted by Crippen LogP contribution is -2.20. The van der Waals surface area contributed by atoms with Gasteiger partial charge in [0.2, 0.25) is 0 Å². The van der Waals surface area contributed by atoms with Gasteiger partial charge in [0.15, 0.2) is 6.23 Å². The van der Waals surface area contributed by atoms with E-state index in [1.54, 1.807) is 11.6 Å². The van der Waals surface area contributed by atoms with Crippen molar-refractivity contribution in [1.82, 2.24) is 9.78 Å². The molecule has 18 heavy (non-hydrogen) atoms. The smallest absolute Gasteiger partial charge is 0.313 e. The first-order valence-corrected chi connectivity index (χ1v) is 6.37. The zero-order chi connectivity index (χ0) is 13.3. The number of aromatic nitrogens is 2. The van der Waals surface area contributed by atoms with E-state index in [0.717, 1.165) is 19.3 Å². The minimum absolute atomic E-state index is 0.0361. The van der Waals surface area contributed by atoms with Crippen molar-refractivity contribution in [2.75, 3.05) is 6.61 Å². The van der Waals surface area contributed by atoms with Gasteiger partial charge in [0.1, 0.15) is 11.4 Å². The summed E-state index contributed by atoms with van der Waals surface area (Å²) in [6.07, 6.45) is 2.85. The largest absolute Gasteiger partial charge is 0.357 e. The molecule has 1 aromatic heterocycles. The molecule has 0 amide bonds. The Kier molecular flexibility index (Phi) is 3.65. The molecule has 2 heterocycles. The van der Waals surface area contributed by atoms with E-state index in [0.29, 0.717) is 18.0 Å². The zero-order valence-electron chi connectivity index (χ0n) is 11.0. The Bertz CT molecular complexity index is 448. The molecule has 1 saturated heterocycles. The van der Waals surface area contributed by atoms with Crippen LogP contribution in [0, 0.1) is 17.0 Å². The van der Waals surface area contributed by atoms with Crippen molar-refractivity contribution in [1.29, 1.82) is 0 Å². The second-order valence-corrected chi connectivity index (χ2v) is 5.00. The highest BCUT2D eigenvalue weighted by atomic mass is 16.6. The van der Waals surface area contributed by atoms with Crippen LogP contribution in [0.1, 0.15) is 56.6 Å². The molecule has 100 valence electrons. The van der Waals surface area contributed by atoms with Crippen molar-refractivity contribution < 1.29 is 9.66 Å². The van der Waals surface area contributed by atoms with E-state index in [1.807, 2.05) is 13.8 Å². The van der Waals surface area contributed by atoms with E-state index >= 15 is 0 Å². The predicted molar refractivity (Wildman–Crippen MR) is 66.5 cm³/mol. The molecule has 1 atom stereocenters. The van der Waals surface area contributed by atoms with Crippen molar-refractivity contribution in [2.45, 2.75) is 52.2 Å². The van der Waals surface area contributed by atoms with Crippen LogP contribution in [0.15, 0.2) is 0 Å². The van der Waals surface area contributed by atoms with E-state index < -0.39 is 0 Å². The molecule has 1 aromatic rings. The van der Waals surface area contributed by atoms with Crippen molar-refractivity contribution >= 4 is 5.69 Å². The van der Waals surface area contributed by atoms with Gasteiger partial charge in [-0.1, -0.05) is 13.8 Å². The Hall–Kier alpha value is -1.43. The van der Waals surface area contributed by atoms with E-state index in [4.69, 9.17) is 4.74 Å². The normalized spacial score (nSPS) is 20.3. The maximum absolute atomic E-state index is 11.2. The summed E-state index contributed by atoms with van der Waals surface area (Å²) in [5, 5.41) is 15.6. The molecular formula is C12H19N3O3. The Morgan fingerprint density at radius 3 is 2.67 bits per heavy atom. The summed E-state index contributed by atoms with van der Waals surface area (Å²) in [4.78, 5) is 10.8. The average Bonchev–Trinajstić information content (AvgIpc) is 2.68. The van der Waals surface area contributed by atoms with Crippen LogP contribution in [0.3, 0.4) is 0 Å². The fourth-order valence-corrected chi connectivity index (χ4v) is 2.34. The molecule has 0 saturated carbocycles. The fourth-order valence-electron chi connectivity index (χ4n) is 2.34. The minimum atomic E-state index is -0.336. The van der Waals surface area contributed by atoms with Crippen LogP contribution in [0.25, 0.3) is 0 Å². The SMILES string of the molecule is Cc1c([N+](=O)[O-])c(C(C)C)nn1C1CCCCO1. The third-order valence-corrected chi connectivity index (χ3v) is 3.30. The third-order valence-electron chi connectivity index (χ3n) is 3.30. The summed E-state index contributed by atoms with van der Waals surface area (Å²) in [6.45, 7) is 6.28.